The van der Waals surface area contributed by atoms with Crippen LogP contribution in [0.4, 0.5) is 5.69 Å². The number of rotatable bonds is 6. The van der Waals surface area contributed by atoms with Gasteiger partial charge in [0.1, 0.15) is 5.75 Å². The Morgan fingerprint density at radius 1 is 1.17 bits per heavy atom. The van der Waals surface area contributed by atoms with Crippen LogP contribution < -0.4 is 10.0 Å². The highest BCUT2D eigenvalue weighted by Gasteiger charge is 2.14. The summed E-state index contributed by atoms with van der Waals surface area (Å²) in [4.78, 5) is 12.2. The maximum absolute atomic E-state index is 12.1. The van der Waals surface area contributed by atoms with E-state index in [1.165, 1.54) is 42.5 Å². The van der Waals surface area contributed by atoms with Gasteiger partial charge in [0.05, 0.1) is 4.90 Å². The van der Waals surface area contributed by atoms with E-state index < -0.39 is 15.9 Å². The van der Waals surface area contributed by atoms with E-state index in [-0.39, 0.29) is 17.2 Å². The predicted octanol–water partition coefficient (Wildman–Crippen LogP) is 2.11. The van der Waals surface area contributed by atoms with Crippen LogP contribution in [0.3, 0.4) is 0 Å². The largest absolute Gasteiger partial charge is 0.508 e. The first-order valence-electron chi connectivity index (χ1n) is 6.73. The third kappa shape index (κ3) is 4.41. The summed E-state index contributed by atoms with van der Waals surface area (Å²) in [5, 5.41) is 12.0. The Kier molecular flexibility index (Phi) is 5.15. The Morgan fingerprint density at radius 2 is 1.87 bits per heavy atom. The smallest absolute Gasteiger partial charge is 0.255 e. The molecule has 2 aromatic carbocycles. The van der Waals surface area contributed by atoms with Gasteiger partial charge in [-0.2, -0.15) is 0 Å². The highest BCUT2D eigenvalue weighted by Crippen LogP contribution is 2.17. The van der Waals surface area contributed by atoms with Crippen molar-refractivity contribution in [1.29, 1.82) is 0 Å². The molecule has 0 radical (unpaired) electrons. The first-order chi connectivity index (χ1) is 10.9. The molecule has 7 heteroatoms. The zero-order valence-electron chi connectivity index (χ0n) is 12.2. The lowest BCUT2D eigenvalue weighted by molar-refractivity contribution is 0.102. The molecule has 0 saturated heterocycles. The van der Waals surface area contributed by atoms with E-state index in [4.69, 9.17) is 0 Å². The highest BCUT2D eigenvalue weighted by molar-refractivity contribution is 7.89. The van der Waals surface area contributed by atoms with Crippen LogP contribution in [0, 0.1) is 0 Å². The van der Waals surface area contributed by atoms with E-state index in [0.717, 1.165) is 0 Å². The zero-order valence-corrected chi connectivity index (χ0v) is 13.0. The zero-order chi connectivity index (χ0) is 16.9. The molecule has 0 saturated carbocycles. The normalized spacial score (nSPS) is 11.0. The van der Waals surface area contributed by atoms with Gasteiger partial charge in [-0.3, -0.25) is 4.79 Å². The fourth-order valence-corrected chi connectivity index (χ4v) is 2.82. The maximum atomic E-state index is 12.1. The Balaban J connectivity index is 2.13. The number of nitrogens with one attached hydrogen (secondary N) is 2. The van der Waals surface area contributed by atoms with Crippen LogP contribution in [0.15, 0.2) is 66.1 Å². The molecule has 120 valence electrons. The van der Waals surface area contributed by atoms with Gasteiger partial charge in [-0.15, -0.1) is 6.58 Å². The summed E-state index contributed by atoms with van der Waals surface area (Å²) in [5.74, 6) is -0.365. The van der Waals surface area contributed by atoms with Crippen LogP contribution in [0.25, 0.3) is 0 Å². The van der Waals surface area contributed by atoms with Crippen molar-refractivity contribution in [2.45, 2.75) is 4.90 Å². The molecule has 23 heavy (non-hydrogen) atoms. The second-order valence-electron chi connectivity index (χ2n) is 4.67. The van der Waals surface area contributed by atoms with Crippen LogP contribution in [-0.4, -0.2) is 26.0 Å². The topological polar surface area (TPSA) is 95.5 Å². The second-order valence-corrected chi connectivity index (χ2v) is 6.44. The first kappa shape index (κ1) is 16.7. The molecular formula is C16H16N2O4S. The Morgan fingerprint density at radius 3 is 2.48 bits per heavy atom. The van der Waals surface area contributed by atoms with Crippen molar-refractivity contribution >= 4 is 21.6 Å². The van der Waals surface area contributed by atoms with Gasteiger partial charge in [0.15, 0.2) is 0 Å². The monoisotopic (exact) mass is 332 g/mol. The summed E-state index contributed by atoms with van der Waals surface area (Å²) in [5.41, 5.74) is 0.746. The Hall–Kier alpha value is -2.64. The first-order valence-corrected chi connectivity index (χ1v) is 8.22. The van der Waals surface area contributed by atoms with Gasteiger partial charge in [0.2, 0.25) is 10.0 Å². The van der Waals surface area contributed by atoms with Crippen molar-refractivity contribution in [2.24, 2.45) is 0 Å². The predicted molar refractivity (Wildman–Crippen MR) is 87.9 cm³/mol. The van der Waals surface area contributed by atoms with Gasteiger partial charge in [0, 0.05) is 23.9 Å². The van der Waals surface area contributed by atoms with Crippen molar-refractivity contribution in [3.63, 3.8) is 0 Å². The van der Waals surface area contributed by atoms with Crippen molar-refractivity contribution in [3.8, 4) is 5.75 Å². The SMILES string of the molecule is C=CCNS(=O)(=O)c1ccc(C(=O)Nc2cccc(O)c2)cc1. The van der Waals surface area contributed by atoms with Gasteiger partial charge < -0.3 is 10.4 Å². The average Bonchev–Trinajstić information content (AvgIpc) is 2.53. The quantitative estimate of drug-likeness (QED) is 0.706. The fraction of sp³-hybridized carbons (Fsp3) is 0.0625. The summed E-state index contributed by atoms with van der Waals surface area (Å²) < 4.78 is 26.2. The summed E-state index contributed by atoms with van der Waals surface area (Å²) in [6, 6.07) is 11.7. The molecule has 0 heterocycles. The number of amides is 1. The lowest BCUT2D eigenvalue weighted by Crippen LogP contribution is -2.23. The molecule has 0 aromatic heterocycles. The second kappa shape index (κ2) is 7.08. The van der Waals surface area contributed by atoms with Crippen LogP contribution in [0.5, 0.6) is 5.75 Å². The van der Waals surface area contributed by atoms with Gasteiger partial charge in [-0.1, -0.05) is 12.1 Å². The van der Waals surface area contributed by atoms with E-state index in [1.807, 2.05) is 0 Å². The number of sulfonamides is 1. The molecular weight excluding hydrogens is 316 g/mol. The number of phenolic OH excluding ortho intramolecular Hbond substituents is 1. The van der Waals surface area contributed by atoms with Crippen LogP contribution in [0.1, 0.15) is 10.4 Å². The van der Waals surface area contributed by atoms with E-state index in [0.29, 0.717) is 11.3 Å². The number of hydrogen-bond acceptors (Lipinski definition) is 4. The summed E-state index contributed by atoms with van der Waals surface area (Å²) in [7, 11) is -3.62. The lowest BCUT2D eigenvalue weighted by Gasteiger charge is -2.07. The van der Waals surface area contributed by atoms with Gasteiger partial charge in [-0.25, -0.2) is 13.1 Å². The highest BCUT2D eigenvalue weighted by atomic mass is 32.2. The van der Waals surface area contributed by atoms with Crippen molar-refractivity contribution < 1.29 is 18.3 Å². The Labute approximate surface area is 134 Å². The fourth-order valence-electron chi connectivity index (χ4n) is 1.82. The molecule has 2 aromatic rings. The minimum Gasteiger partial charge on any atom is -0.508 e. The van der Waals surface area contributed by atoms with E-state index in [9.17, 15) is 18.3 Å². The molecule has 3 N–H and O–H groups in total. The number of carbonyl (C=O) groups excluding carboxylic acids is 1. The summed E-state index contributed by atoms with van der Waals surface area (Å²) >= 11 is 0. The third-order valence-electron chi connectivity index (χ3n) is 2.95. The maximum Gasteiger partial charge on any atom is 0.255 e. The average molecular weight is 332 g/mol. The third-order valence-corrected chi connectivity index (χ3v) is 4.39. The molecule has 0 spiro atoms. The number of hydrogen-bond donors (Lipinski definition) is 3. The Bertz CT molecular complexity index is 814. The minimum atomic E-state index is -3.62. The molecule has 0 atom stereocenters. The number of phenols is 1. The number of anilines is 1. The van der Waals surface area contributed by atoms with E-state index in [2.05, 4.69) is 16.6 Å². The molecule has 6 nitrogen and oxygen atoms in total. The number of carbonyl (C=O) groups is 1. The molecule has 1 amide bonds. The molecule has 0 bridgehead atoms. The van der Waals surface area contributed by atoms with Gasteiger partial charge >= 0.3 is 0 Å². The molecule has 0 fully saturated rings. The van der Waals surface area contributed by atoms with Crippen molar-refractivity contribution in [3.05, 3.63) is 66.7 Å². The molecule has 0 aliphatic rings. The van der Waals surface area contributed by atoms with Gasteiger partial charge in [-0.05, 0) is 36.4 Å². The summed E-state index contributed by atoms with van der Waals surface area (Å²) in [6.07, 6.45) is 1.44. The van der Waals surface area contributed by atoms with E-state index in [1.54, 1.807) is 12.1 Å². The van der Waals surface area contributed by atoms with Crippen LogP contribution in [0.2, 0.25) is 0 Å². The van der Waals surface area contributed by atoms with Crippen molar-refractivity contribution in [1.82, 2.24) is 4.72 Å². The molecule has 0 unspecified atom stereocenters. The number of aromatic hydroxyl groups is 1. The van der Waals surface area contributed by atoms with Crippen molar-refractivity contribution in [2.75, 3.05) is 11.9 Å². The van der Waals surface area contributed by atoms with Crippen LogP contribution >= 0.6 is 0 Å². The van der Waals surface area contributed by atoms with E-state index >= 15 is 0 Å². The van der Waals surface area contributed by atoms with Gasteiger partial charge in [0.25, 0.3) is 5.91 Å². The van der Waals surface area contributed by atoms with Crippen LogP contribution in [-0.2, 0) is 10.0 Å². The minimum absolute atomic E-state index is 0.0394. The standard InChI is InChI=1S/C16H16N2O4S/c1-2-10-17-23(21,22)15-8-6-12(7-9-15)16(20)18-13-4-3-5-14(19)11-13/h2-9,11,17,19H,1,10H2,(H,18,20). The molecule has 2 rings (SSSR count). The summed E-state index contributed by atoms with van der Waals surface area (Å²) in [6.45, 7) is 3.57. The molecule has 0 aliphatic heterocycles. The number of benzene rings is 2. The molecule has 0 aliphatic carbocycles. The lowest BCUT2D eigenvalue weighted by atomic mass is 10.2.